The first kappa shape index (κ1) is 29.2. The zero-order chi connectivity index (χ0) is 28.2. The summed E-state index contributed by atoms with van der Waals surface area (Å²) in [6.45, 7) is 2.62. The van der Waals surface area contributed by atoms with Gasteiger partial charge in [-0.15, -0.1) is 0 Å². The van der Waals surface area contributed by atoms with Crippen molar-refractivity contribution in [2.45, 2.75) is 51.2 Å². The van der Waals surface area contributed by atoms with Crippen molar-refractivity contribution in [2.75, 3.05) is 27.6 Å². The van der Waals surface area contributed by atoms with Crippen LogP contribution in [0.5, 0.6) is 23.0 Å². The van der Waals surface area contributed by atoms with Crippen molar-refractivity contribution < 1.29 is 38.4 Å². The van der Waals surface area contributed by atoms with Gasteiger partial charge in [0.2, 0.25) is 12.7 Å². The van der Waals surface area contributed by atoms with Crippen LogP contribution in [0.25, 0.3) is 0 Å². The summed E-state index contributed by atoms with van der Waals surface area (Å²) in [6.07, 6.45) is 1.58. The maximum absolute atomic E-state index is 13.1. The number of nitrogens with one attached hydrogen (secondary N) is 4. The Bertz CT molecular complexity index is 1140. The van der Waals surface area contributed by atoms with E-state index in [0.29, 0.717) is 55.0 Å². The van der Waals surface area contributed by atoms with Crippen molar-refractivity contribution in [3.63, 3.8) is 0 Å². The van der Waals surface area contributed by atoms with E-state index in [-0.39, 0.29) is 31.0 Å². The molecule has 2 aromatic carbocycles. The van der Waals surface area contributed by atoms with Gasteiger partial charge in [-0.3, -0.25) is 4.79 Å². The molecule has 12 nitrogen and oxygen atoms in total. The molecule has 1 heterocycles. The van der Waals surface area contributed by atoms with E-state index in [2.05, 4.69) is 26.0 Å². The van der Waals surface area contributed by atoms with Crippen molar-refractivity contribution in [3.8, 4) is 23.0 Å². The molecule has 0 aromatic heterocycles. The predicted octanol–water partition coefficient (Wildman–Crippen LogP) is 3.09. The summed E-state index contributed by atoms with van der Waals surface area (Å²) in [7, 11) is 2.74. The molecule has 12 heteroatoms. The summed E-state index contributed by atoms with van der Waals surface area (Å²) in [5, 5.41) is 21.1. The lowest BCUT2D eigenvalue weighted by Crippen LogP contribution is -2.50. The van der Waals surface area contributed by atoms with Gasteiger partial charge in [0.25, 0.3) is 0 Å². The molecule has 1 aliphatic heterocycles. The van der Waals surface area contributed by atoms with E-state index in [9.17, 15) is 19.5 Å². The minimum Gasteiger partial charge on any atom is -0.504 e. The number of hydrogen-bond acceptors (Lipinski definition) is 8. The Labute approximate surface area is 227 Å². The Morgan fingerprint density at radius 2 is 1.79 bits per heavy atom. The molecule has 1 aliphatic rings. The Balaban J connectivity index is 1.60. The summed E-state index contributed by atoms with van der Waals surface area (Å²) < 4.78 is 20.4. The molecular weight excluding hydrogens is 508 g/mol. The monoisotopic (exact) mass is 544 g/mol. The van der Waals surface area contributed by atoms with Crippen LogP contribution in [0, 0.1) is 0 Å². The molecule has 0 spiro atoms. The minimum atomic E-state index is -0.829. The first-order valence-corrected chi connectivity index (χ1v) is 12.8. The zero-order valence-electron chi connectivity index (χ0n) is 22.4. The number of benzene rings is 2. The number of aromatic hydroxyl groups is 1. The zero-order valence-corrected chi connectivity index (χ0v) is 22.4. The number of phenols is 1. The number of alkyl carbamates (subject to hydrolysis) is 1. The summed E-state index contributed by atoms with van der Waals surface area (Å²) >= 11 is 0. The molecule has 3 rings (SSSR count). The van der Waals surface area contributed by atoms with E-state index in [0.717, 1.165) is 5.56 Å². The number of carbonyl (C=O) groups is 3. The van der Waals surface area contributed by atoms with Gasteiger partial charge in [-0.1, -0.05) is 19.1 Å². The molecule has 4 amide bonds. The third-order valence-corrected chi connectivity index (χ3v) is 6.22. The summed E-state index contributed by atoms with van der Waals surface area (Å²) in [5.74, 6) is 1.19. The quantitative estimate of drug-likeness (QED) is 0.241. The van der Waals surface area contributed by atoms with Crippen molar-refractivity contribution in [1.29, 1.82) is 0 Å². The highest BCUT2D eigenvalue weighted by molar-refractivity contribution is 5.87. The molecule has 212 valence electrons. The van der Waals surface area contributed by atoms with Crippen molar-refractivity contribution in [3.05, 3.63) is 47.5 Å². The van der Waals surface area contributed by atoms with Crippen LogP contribution in [0.3, 0.4) is 0 Å². The summed E-state index contributed by atoms with van der Waals surface area (Å²) in [5.41, 5.74) is 1.52. The Hall–Kier alpha value is -4.35. The first-order chi connectivity index (χ1) is 18.8. The second-order valence-electron chi connectivity index (χ2n) is 8.88. The third kappa shape index (κ3) is 8.59. The Morgan fingerprint density at radius 1 is 1.00 bits per heavy atom. The number of phenolic OH excluding ortho intramolecular Hbond substituents is 1. The fourth-order valence-electron chi connectivity index (χ4n) is 4.07. The van der Waals surface area contributed by atoms with Crippen LogP contribution in [0.15, 0.2) is 36.4 Å². The molecule has 0 bridgehead atoms. The number of rotatable bonds is 13. The van der Waals surface area contributed by atoms with Gasteiger partial charge in [-0.25, -0.2) is 9.59 Å². The maximum Gasteiger partial charge on any atom is 0.406 e. The summed E-state index contributed by atoms with van der Waals surface area (Å²) in [6, 6.07) is 8.70. The highest BCUT2D eigenvalue weighted by Gasteiger charge is 2.23. The number of urea groups is 1. The van der Waals surface area contributed by atoms with Gasteiger partial charge < -0.3 is 45.3 Å². The molecule has 0 radical (unpaired) electrons. The number of fused-ring (bicyclic) bond motifs is 1. The highest BCUT2D eigenvalue weighted by Crippen LogP contribution is 2.34. The molecule has 0 unspecified atom stereocenters. The van der Waals surface area contributed by atoms with Gasteiger partial charge in [0, 0.05) is 13.1 Å². The van der Waals surface area contributed by atoms with Gasteiger partial charge in [0.15, 0.2) is 23.0 Å². The van der Waals surface area contributed by atoms with Crippen LogP contribution < -0.4 is 35.5 Å². The molecule has 2 atom stereocenters. The molecule has 2 aromatic rings. The van der Waals surface area contributed by atoms with Gasteiger partial charge >= 0.3 is 12.1 Å². The lowest BCUT2D eigenvalue weighted by molar-refractivity contribution is -0.123. The number of carbonyl (C=O) groups excluding carboxylic acids is 3. The SMILES string of the molecule is CC[C@H](NC(=O)N[C@@H](CCCCNC(=O)OC)C(=O)NCc1ccc(OC)c(O)c1)c1ccc2c(c1)OCO2. The second kappa shape index (κ2) is 14.6. The smallest absolute Gasteiger partial charge is 0.406 e. The van der Waals surface area contributed by atoms with E-state index in [1.165, 1.54) is 20.3 Å². The molecule has 39 heavy (non-hydrogen) atoms. The number of hydrogen-bond donors (Lipinski definition) is 5. The normalized spacial score (nSPS) is 13.1. The first-order valence-electron chi connectivity index (χ1n) is 12.8. The average Bonchev–Trinajstić information content (AvgIpc) is 3.41. The lowest BCUT2D eigenvalue weighted by Gasteiger charge is -2.22. The molecule has 0 fully saturated rings. The van der Waals surface area contributed by atoms with Crippen molar-refractivity contribution >= 4 is 18.0 Å². The minimum absolute atomic E-state index is 0.0365. The van der Waals surface area contributed by atoms with Crippen LogP contribution in [-0.2, 0) is 16.1 Å². The van der Waals surface area contributed by atoms with E-state index in [1.807, 2.05) is 19.1 Å². The van der Waals surface area contributed by atoms with E-state index < -0.39 is 18.2 Å². The van der Waals surface area contributed by atoms with Crippen LogP contribution >= 0.6 is 0 Å². The molecular formula is C27H36N4O8. The average molecular weight is 545 g/mol. The Kier molecular flexibility index (Phi) is 10.9. The molecule has 0 saturated carbocycles. The molecule has 0 saturated heterocycles. The van der Waals surface area contributed by atoms with E-state index in [1.54, 1.807) is 18.2 Å². The van der Waals surface area contributed by atoms with Gasteiger partial charge in [-0.2, -0.15) is 0 Å². The van der Waals surface area contributed by atoms with Gasteiger partial charge in [-0.05, 0) is 61.1 Å². The fourth-order valence-corrected chi connectivity index (χ4v) is 4.07. The fraction of sp³-hybridized carbons (Fsp3) is 0.444. The van der Waals surface area contributed by atoms with E-state index >= 15 is 0 Å². The summed E-state index contributed by atoms with van der Waals surface area (Å²) in [4.78, 5) is 37.3. The lowest BCUT2D eigenvalue weighted by atomic mass is 10.0. The van der Waals surface area contributed by atoms with Crippen LogP contribution in [0.2, 0.25) is 0 Å². The number of unbranched alkanes of at least 4 members (excludes halogenated alkanes) is 1. The number of methoxy groups -OCH3 is 2. The third-order valence-electron chi connectivity index (χ3n) is 6.22. The van der Waals surface area contributed by atoms with Crippen molar-refractivity contribution in [1.82, 2.24) is 21.3 Å². The topological polar surface area (TPSA) is 156 Å². The largest absolute Gasteiger partial charge is 0.504 e. The van der Waals surface area contributed by atoms with Crippen LogP contribution in [0.4, 0.5) is 9.59 Å². The van der Waals surface area contributed by atoms with Crippen LogP contribution in [-0.4, -0.2) is 56.7 Å². The van der Waals surface area contributed by atoms with Crippen molar-refractivity contribution in [2.24, 2.45) is 0 Å². The van der Waals surface area contributed by atoms with Crippen LogP contribution in [0.1, 0.15) is 49.8 Å². The number of amides is 4. The predicted molar refractivity (Wildman–Crippen MR) is 142 cm³/mol. The maximum atomic E-state index is 13.1. The molecule has 0 aliphatic carbocycles. The number of ether oxygens (including phenoxy) is 4. The highest BCUT2D eigenvalue weighted by atomic mass is 16.7. The second-order valence-corrected chi connectivity index (χ2v) is 8.88. The van der Waals surface area contributed by atoms with Gasteiger partial charge in [0.1, 0.15) is 6.04 Å². The van der Waals surface area contributed by atoms with Gasteiger partial charge in [0.05, 0.1) is 20.3 Å². The Morgan fingerprint density at radius 3 is 2.51 bits per heavy atom. The van der Waals surface area contributed by atoms with E-state index in [4.69, 9.17) is 14.2 Å². The standard InChI is InChI=1S/C27H36N4O8/c1-4-19(18-9-11-23-24(14-18)39-16-38-23)30-26(34)31-20(7-5-6-12-28-27(35)37-3)25(33)29-15-17-8-10-22(36-2)21(32)13-17/h8-11,13-14,19-20,32H,4-7,12,15-16H2,1-3H3,(H,28,35)(H,29,33)(H2,30,31,34)/t19-,20-/m0/s1. The molecule has 5 N–H and O–H groups in total.